The van der Waals surface area contributed by atoms with Crippen LogP contribution in [-0.2, 0) is 11.8 Å². The smallest absolute Gasteiger partial charge is 0.311 e. The lowest BCUT2D eigenvalue weighted by Gasteiger charge is -2.24. The minimum absolute atomic E-state index is 0.114. The number of aromatic nitrogens is 3. The van der Waals surface area contributed by atoms with Crippen molar-refractivity contribution in [3.8, 4) is 0 Å². The lowest BCUT2D eigenvalue weighted by atomic mass is 9.90. The zero-order valence-corrected chi connectivity index (χ0v) is 15.2. The van der Waals surface area contributed by atoms with Crippen LogP contribution in [0, 0.1) is 0 Å². The number of nitrogens with zero attached hydrogens (tertiary/aromatic N) is 3. The molecule has 0 unspecified atom stereocenters. The van der Waals surface area contributed by atoms with Crippen LogP contribution < -0.4 is 0 Å². The van der Waals surface area contributed by atoms with Gasteiger partial charge in [0, 0.05) is 17.3 Å². The Hall–Kier alpha value is -0.890. The maximum Gasteiger partial charge on any atom is 0.389 e. The number of halogens is 4. The SMILES string of the molecule is CC(C)(c1ccc(Br)s1)c1nnc(CCC(F)(F)F)n1C1CC1. The van der Waals surface area contributed by atoms with E-state index in [4.69, 9.17) is 0 Å². The van der Waals surface area contributed by atoms with Gasteiger partial charge in [-0.2, -0.15) is 13.2 Å². The molecule has 1 aliphatic rings. The molecule has 23 heavy (non-hydrogen) atoms. The van der Waals surface area contributed by atoms with E-state index in [1.165, 1.54) is 0 Å². The summed E-state index contributed by atoms with van der Waals surface area (Å²) in [7, 11) is 0. The van der Waals surface area contributed by atoms with Gasteiger partial charge in [-0.1, -0.05) is 0 Å². The molecule has 1 fully saturated rings. The summed E-state index contributed by atoms with van der Waals surface area (Å²) in [4.78, 5) is 1.11. The fourth-order valence-electron chi connectivity index (χ4n) is 2.65. The molecule has 2 heterocycles. The van der Waals surface area contributed by atoms with Gasteiger partial charge in [-0.15, -0.1) is 21.5 Å². The number of aryl methyl sites for hydroxylation is 1. The van der Waals surface area contributed by atoms with Gasteiger partial charge in [-0.3, -0.25) is 0 Å². The zero-order chi connectivity index (χ0) is 16.8. The zero-order valence-electron chi connectivity index (χ0n) is 12.8. The Balaban J connectivity index is 1.95. The second-order valence-electron chi connectivity index (χ2n) is 6.38. The molecular formula is C15H17BrF3N3S. The van der Waals surface area contributed by atoms with Gasteiger partial charge in [0.25, 0.3) is 0 Å². The number of hydrogen-bond donors (Lipinski definition) is 0. The van der Waals surface area contributed by atoms with Gasteiger partial charge in [0.15, 0.2) is 0 Å². The molecule has 0 aromatic carbocycles. The van der Waals surface area contributed by atoms with Crippen LogP contribution in [0.3, 0.4) is 0 Å². The second-order valence-corrected chi connectivity index (χ2v) is 8.85. The molecule has 0 atom stereocenters. The van der Waals surface area contributed by atoms with E-state index >= 15 is 0 Å². The summed E-state index contributed by atoms with van der Waals surface area (Å²) in [6.45, 7) is 4.09. The van der Waals surface area contributed by atoms with Gasteiger partial charge < -0.3 is 4.57 Å². The van der Waals surface area contributed by atoms with E-state index in [0.717, 1.165) is 27.3 Å². The lowest BCUT2D eigenvalue weighted by Crippen LogP contribution is -2.24. The van der Waals surface area contributed by atoms with Crippen molar-refractivity contribution in [2.75, 3.05) is 0 Å². The van der Waals surface area contributed by atoms with Crippen molar-refractivity contribution in [2.24, 2.45) is 0 Å². The van der Waals surface area contributed by atoms with E-state index in [0.29, 0.717) is 5.82 Å². The average Bonchev–Trinajstić information content (AvgIpc) is 3.02. The third kappa shape index (κ3) is 3.63. The third-order valence-corrected chi connectivity index (χ3v) is 6.01. The van der Waals surface area contributed by atoms with Crippen molar-refractivity contribution < 1.29 is 13.2 Å². The Morgan fingerprint density at radius 2 is 1.96 bits per heavy atom. The van der Waals surface area contributed by atoms with Gasteiger partial charge >= 0.3 is 6.18 Å². The van der Waals surface area contributed by atoms with Crippen LogP contribution in [0.15, 0.2) is 15.9 Å². The molecule has 0 saturated heterocycles. The van der Waals surface area contributed by atoms with Crippen molar-refractivity contribution in [2.45, 2.75) is 57.2 Å². The molecule has 2 aromatic rings. The summed E-state index contributed by atoms with van der Waals surface area (Å²) >= 11 is 5.07. The topological polar surface area (TPSA) is 30.7 Å². The first-order valence-electron chi connectivity index (χ1n) is 7.45. The van der Waals surface area contributed by atoms with Crippen LogP contribution in [0.4, 0.5) is 13.2 Å². The minimum Gasteiger partial charge on any atom is -0.311 e. The highest BCUT2D eigenvalue weighted by molar-refractivity contribution is 9.11. The first kappa shape index (κ1) is 17.0. The van der Waals surface area contributed by atoms with Gasteiger partial charge in [-0.25, -0.2) is 0 Å². The molecule has 2 aromatic heterocycles. The largest absolute Gasteiger partial charge is 0.389 e. The molecule has 3 nitrogen and oxygen atoms in total. The number of thiophene rings is 1. The van der Waals surface area contributed by atoms with Crippen molar-refractivity contribution in [3.63, 3.8) is 0 Å². The standard InChI is InChI=1S/C15H17BrF3N3S/c1-14(2,10-5-6-11(16)23-10)13-21-20-12(7-8-15(17,18)19)22(13)9-3-4-9/h5-6,9H,3-4,7-8H2,1-2H3. The maximum absolute atomic E-state index is 12.5. The Morgan fingerprint density at radius 3 is 2.48 bits per heavy atom. The molecule has 3 rings (SSSR count). The van der Waals surface area contributed by atoms with Crippen LogP contribution in [0.5, 0.6) is 0 Å². The molecule has 0 spiro atoms. The van der Waals surface area contributed by atoms with Crippen LogP contribution in [-0.4, -0.2) is 20.9 Å². The van der Waals surface area contributed by atoms with Crippen molar-refractivity contribution in [1.82, 2.24) is 14.8 Å². The van der Waals surface area contributed by atoms with Gasteiger partial charge in [0.2, 0.25) is 0 Å². The fraction of sp³-hybridized carbons (Fsp3) is 0.600. The minimum atomic E-state index is -4.17. The summed E-state index contributed by atoms with van der Waals surface area (Å²) in [6, 6.07) is 4.24. The molecule has 1 saturated carbocycles. The predicted molar refractivity (Wildman–Crippen MR) is 86.8 cm³/mol. The summed E-state index contributed by atoms with van der Waals surface area (Å²) in [6.07, 6.45) is -3.18. The first-order chi connectivity index (χ1) is 10.7. The van der Waals surface area contributed by atoms with Crippen LogP contribution in [0.2, 0.25) is 0 Å². The first-order valence-corrected chi connectivity index (χ1v) is 9.06. The lowest BCUT2D eigenvalue weighted by molar-refractivity contribution is -0.134. The molecule has 126 valence electrons. The Bertz CT molecular complexity index is 701. The number of hydrogen-bond acceptors (Lipinski definition) is 3. The quantitative estimate of drug-likeness (QED) is 0.676. The molecule has 1 aliphatic carbocycles. The highest BCUT2D eigenvalue weighted by Gasteiger charge is 2.38. The Kier molecular flexibility index (Phi) is 4.33. The van der Waals surface area contributed by atoms with Crippen LogP contribution >= 0.6 is 27.3 Å². The summed E-state index contributed by atoms with van der Waals surface area (Å²) in [5.74, 6) is 1.20. The molecule has 0 amide bonds. The Morgan fingerprint density at radius 1 is 1.26 bits per heavy atom. The van der Waals surface area contributed by atoms with Crippen molar-refractivity contribution in [3.05, 3.63) is 32.4 Å². The maximum atomic E-state index is 12.5. The highest BCUT2D eigenvalue weighted by atomic mass is 79.9. The van der Waals surface area contributed by atoms with Crippen LogP contribution in [0.1, 0.15) is 55.7 Å². The van der Waals surface area contributed by atoms with E-state index in [-0.39, 0.29) is 17.9 Å². The number of alkyl halides is 3. The number of rotatable bonds is 5. The molecule has 0 N–H and O–H groups in total. The summed E-state index contributed by atoms with van der Waals surface area (Å²) in [5, 5.41) is 8.36. The molecule has 0 bridgehead atoms. The van der Waals surface area contributed by atoms with Gasteiger partial charge in [0.1, 0.15) is 11.6 Å². The second kappa shape index (κ2) is 5.88. The monoisotopic (exact) mass is 407 g/mol. The third-order valence-electron chi connectivity index (χ3n) is 4.06. The van der Waals surface area contributed by atoms with Crippen LogP contribution in [0.25, 0.3) is 0 Å². The molecule has 0 aliphatic heterocycles. The highest BCUT2D eigenvalue weighted by Crippen LogP contribution is 2.43. The van der Waals surface area contributed by atoms with E-state index in [9.17, 15) is 13.2 Å². The van der Waals surface area contributed by atoms with E-state index in [1.54, 1.807) is 11.3 Å². The molecular weight excluding hydrogens is 391 g/mol. The normalized spacial score (nSPS) is 16.1. The predicted octanol–water partition coefficient (Wildman–Crippen LogP) is 5.26. The van der Waals surface area contributed by atoms with Gasteiger partial charge in [0.05, 0.1) is 15.6 Å². The van der Waals surface area contributed by atoms with Crippen molar-refractivity contribution in [1.29, 1.82) is 0 Å². The van der Waals surface area contributed by atoms with E-state index in [1.807, 2.05) is 30.5 Å². The fourth-order valence-corrected chi connectivity index (χ4v) is 4.13. The Labute approximate surface area is 145 Å². The van der Waals surface area contributed by atoms with E-state index < -0.39 is 12.6 Å². The molecule has 0 radical (unpaired) electrons. The van der Waals surface area contributed by atoms with E-state index in [2.05, 4.69) is 26.1 Å². The van der Waals surface area contributed by atoms with Gasteiger partial charge in [-0.05, 0) is 54.8 Å². The average molecular weight is 408 g/mol. The van der Waals surface area contributed by atoms with Crippen molar-refractivity contribution >= 4 is 27.3 Å². The summed E-state index contributed by atoms with van der Waals surface area (Å²) < 4.78 is 40.6. The molecule has 8 heteroatoms. The summed E-state index contributed by atoms with van der Waals surface area (Å²) in [5.41, 5.74) is -0.386.